The highest BCUT2D eigenvalue weighted by Crippen LogP contribution is 2.39. The molecule has 0 atom stereocenters. The topological polar surface area (TPSA) is 75.5 Å². The van der Waals surface area contributed by atoms with Crippen molar-refractivity contribution in [3.8, 4) is 22.8 Å². The SMILES string of the molecule is CCOC(=O)Cn1nc(-c2ccccc2)c2cnc3cc4c(cc3c21)OCO4. The van der Waals surface area contributed by atoms with Crippen molar-refractivity contribution in [2.75, 3.05) is 13.4 Å². The van der Waals surface area contributed by atoms with Crippen molar-refractivity contribution < 1.29 is 19.0 Å². The van der Waals surface area contributed by atoms with Gasteiger partial charge in [0.05, 0.1) is 17.6 Å². The van der Waals surface area contributed by atoms with Crippen LogP contribution in [0.1, 0.15) is 6.92 Å². The first-order chi connectivity index (χ1) is 13.7. The molecule has 1 aliphatic rings. The third-order valence-corrected chi connectivity index (χ3v) is 4.70. The fourth-order valence-electron chi connectivity index (χ4n) is 3.50. The minimum absolute atomic E-state index is 0.0186. The number of hydrogen-bond acceptors (Lipinski definition) is 6. The zero-order valence-electron chi connectivity index (χ0n) is 15.2. The van der Waals surface area contributed by atoms with E-state index in [4.69, 9.17) is 19.3 Å². The van der Waals surface area contributed by atoms with E-state index in [0.29, 0.717) is 18.1 Å². The molecule has 0 N–H and O–H groups in total. The third kappa shape index (κ3) is 2.63. The number of hydrogen-bond donors (Lipinski definition) is 0. The molecule has 0 amide bonds. The van der Waals surface area contributed by atoms with E-state index in [1.54, 1.807) is 17.8 Å². The third-order valence-electron chi connectivity index (χ3n) is 4.70. The van der Waals surface area contributed by atoms with E-state index in [1.807, 2.05) is 42.5 Å². The van der Waals surface area contributed by atoms with Gasteiger partial charge in [0.1, 0.15) is 12.2 Å². The minimum atomic E-state index is -0.336. The molecule has 7 nitrogen and oxygen atoms in total. The molecule has 0 saturated heterocycles. The Bertz CT molecular complexity index is 1200. The molecule has 0 aliphatic carbocycles. The van der Waals surface area contributed by atoms with Gasteiger partial charge in [-0.1, -0.05) is 30.3 Å². The second kappa shape index (κ2) is 6.53. The molecule has 0 saturated carbocycles. The van der Waals surface area contributed by atoms with E-state index < -0.39 is 0 Å². The predicted molar refractivity (Wildman–Crippen MR) is 103 cm³/mol. The summed E-state index contributed by atoms with van der Waals surface area (Å²) in [6.45, 7) is 2.32. The van der Waals surface area contributed by atoms with E-state index in [1.165, 1.54) is 0 Å². The Labute approximate surface area is 160 Å². The number of ether oxygens (including phenoxy) is 3. The van der Waals surface area contributed by atoms with E-state index in [-0.39, 0.29) is 19.3 Å². The molecule has 28 heavy (non-hydrogen) atoms. The number of benzene rings is 2. The van der Waals surface area contributed by atoms with Crippen molar-refractivity contribution >= 4 is 27.8 Å². The summed E-state index contributed by atoms with van der Waals surface area (Å²) in [4.78, 5) is 16.8. The van der Waals surface area contributed by atoms with Crippen LogP contribution in [-0.4, -0.2) is 34.1 Å². The first kappa shape index (κ1) is 16.6. The lowest BCUT2D eigenvalue weighted by Crippen LogP contribution is -2.14. The van der Waals surface area contributed by atoms with Gasteiger partial charge in [0.15, 0.2) is 11.5 Å². The highest BCUT2D eigenvalue weighted by molar-refractivity contribution is 6.09. The Morgan fingerprint density at radius 2 is 1.93 bits per heavy atom. The fourth-order valence-corrected chi connectivity index (χ4v) is 3.50. The molecule has 0 bridgehead atoms. The van der Waals surface area contributed by atoms with Crippen molar-refractivity contribution in [1.82, 2.24) is 14.8 Å². The summed E-state index contributed by atoms with van der Waals surface area (Å²) in [5.41, 5.74) is 3.29. The van der Waals surface area contributed by atoms with Crippen LogP contribution in [0.5, 0.6) is 11.5 Å². The quantitative estimate of drug-likeness (QED) is 0.508. The number of pyridine rings is 1. The molecular formula is C21H17N3O4. The molecule has 4 aromatic rings. The van der Waals surface area contributed by atoms with Gasteiger partial charge in [0, 0.05) is 28.6 Å². The maximum atomic E-state index is 12.2. The van der Waals surface area contributed by atoms with Gasteiger partial charge in [-0.2, -0.15) is 5.10 Å². The van der Waals surface area contributed by atoms with Gasteiger partial charge in [0.2, 0.25) is 6.79 Å². The molecule has 0 spiro atoms. The number of fused-ring (bicyclic) bond motifs is 4. The Kier molecular flexibility index (Phi) is 3.86. The number of carbonyl (C=O) groups is 1. The fraction of sp³-hybridized carbons (Fsp3) is 0.190. The summed E-state index contributed by atoms with van der Waals surface area (Å²) in [6, 6.07) is 13.6. The van der Waals surface area contributed by atoms with Crippen LogP contribution in [0, 0.1) is 0 Å². The molecule has 0 fully saturated rings. The summed E-state index contributed by atoms with van der Waals surface area (Å²) < 4.78 is 17.8. The first-order valence-electron chi connectivity index (χ1n) is 9.04. The maximum absolute atomic E-state index is 12.2. The van der Waals surface area contributed by atoms with E-state index in [2.05, 4.69) is 4.98 Å². The van der Waals surface area contributed by atoms with Crippen LogP contribution in [-0.2, 0) is 16.1 Å². The van der Waals surface area contributed by atoms with Crippen LogP contribution in [0.25, 0.3) is 33.1 Å². The van der Waals surface area contributed by atoms with Crippen LogP contribution < -0.4 is 9.47 Å². The maximum Gasteiger partial charge on any atom is 0.327 e. The van der Waals surface area contributed by atoms with Gasteiger partial charge >= 0.3 is 5.97 Å². The molecule has 3 heterocycles. The zero-order chi connectivity index (χ0) is 19.1. The number of nitrogens with zero attached hydrogens (tertiary/aromatic N) is 3. The standard InChI is InChI=1S/C21H17N3O4/c1-2-26-19(25)11-24-21-14-8-17-18(28-12-27-17)9-16(14)22-10-15(21)20(23-24)13-6-4-3-5-7-13/h3-10H,2,11-12H2,1H3. The lowest BCUT2D eigenvalue weighted by molar-refractivity contribution is -0.143. The summed E-state index contributed by atoms with van der Waals surface area (Å²) in [5.74, 6) is 0.989. The molecule has 140 valence electrons. The monoisotopic (exact) mass is 375 g/mol. The Morgan fingerprint density at radius 3 is 2.71 bits per heavy atom. The van der Waals surface area contributed by atoms with Crippen molar-refractivity contribution in [3.63, 3.8) is 0 Å². The first-order valence-corrected chi connectivity index (χ1v) is 9.04. The average Bonchev–Trinajstić information content (AvgIpc) is 3.31. The molecule has 1 aliphatic heterocycles. The average molecular weight is 375 g/mol. The Hall–Kier alpha value is -3.61. The lowest BCUT2D eigenvalue weighted by atomic mass is 10.1. The van der Waals surface area contributed by atoms with Crippen LogP contribution in [0.15, 0.2) is 48.7 Å². The van der Waals surface area contributed by atoms with Gasteiger partial charge < -0.3 is 14.2 Å². The van der Waals surface area contributed by atoms with Gasteiger partial charge in [-0.05, 0) is 13.0 Å². The van der Waals surface area contributed by atoms with Crippen molar-refractivity contribution in [3.05, 3.63) is 48.7 Å². The van der Waals surface area contributed by atoms with E-state index in [0.717, 1.165) is 33.1 Å². The summed E-state index contributed by atoms with van der Waals surface area (Å²) in [5, 5.41) is 6.44. The molecule has 5 rings (SSSR count). The largest absolute Gasteiger partial charge is 0.465 e. The predicted octanol–water partition coefficient (Wildman–Crippen LogP) is 3.54. The number of rotatable bonds is 4. The lowest BCUT2D eigenvalue weighted by Gasteiger charge is -2.06. The minimum Gasteiger partial charge on any atom is -0.465 e. The molecule has 0 radical (unpaired) electrons. The highest BCUT2D eigenvalue weighted by Gasteiger charge is 2.21. The summed E-state index contributed by atoms with van der Waals surface area (Å²) in [6.07, 6.45) is 1.79. The van der Waals surface area contributed by atoms with Gasteiger partial charge in [-0.15, -0.1) is 0 Å². The number of esters is 1. The molecule has 2 aromatic heterocycles. The normalized spacial score (nSPS) is 12.6. The second-order valence-electron chi connectivity index (χ2n) is 6.42. The van der Waals surface area contributed by atoms with E-state index >= 15 is 0 Å². The Balaban J connectivity index is 1.78. The Morgan fingerprint density at radius 1 is 1.14 bits per heavy atom. The van der Waals surface area contributed by atoms with Crippen molar-refractivity contribution in [2.24, 2.45) is 0 Å². The van der Waals surface area contributed by atoms with Gasteiger partial charge in [-0.25, -0.2) is 0 Å². The van der Waals surface area contributed by atoms with Crippen LogP contribution in [0.4, 0.5) is 0 Å². The zero-order valence-corrected chi connectivity index (χ0v) is 15.2. The molecule has 0 unspecified atom stereocenters. The highest BCUT2D eigenvalue weighted by atomic mass is 16.7. The smallest absolute Gasteiger partial charge is 0.327 e. The molecule has 2 aromatic carbocycles. The number of carbonyl (C=O) groups excluding carboxylic acids is 1. The summed E-state index contributed by atoms with van der Waals surface area (Å²) >= 11 is 0. The van der Waals surface area contributed by atoms with Crippen molar-refractivity contribution in [2.45, 2.75) is 13.5 Å². The number of aromatic nitrogens is 3. The van der Waals surface area contributed by atoms with Crippen LogP contribution in [0.3, 0.4) is 0 Å². The van der Waals surface area contributed by atoms with Crippen molar-refractivity contribution in [1.29, 1.82) is 0 Å². The van der Waals surface area contributed by atoms with E-state index in [9.17, 15) is 4.79 Å². The molecular weight excluding hydrogens is 358 g/mol. The molecule has 7 heteroatoms. The summed E-state index contributed by atoms with van der Waals surface area (Å²) in [7, 11) is 0. The van der Waals surface area contributed by atoms with Crippen LogP contribution >= 0.6 is 0 Å². The van der Waals surface area contributed by atoms with Gasteiger partial charge in [0.25, 0.3) is 0 Å². The van der Waals surface area contributed by atoms with Crippen LogP contribution in [0.2, 0.25) is 0 Å². The second-order valence-corrected chi connectivity index (χ2v) is 6.42. The van der Waals surface area contributed by atoms with Gasteiger partial charge in [-0.3, -0.25) is 14.5 Å².